The molecule has 3 amide bonds. The SMILES string of the molecule is CCC(C)C(NC(=O)OC(C)(C)C)C(=O)N(C1CCC1)C(C(=O)Nc1ccccc1C)c1cccc(C)c1C. The Bertz CT molecular complexity index is 1180. The van der Waals surface area contributed by atoms with Crippen LogP contribution in [0.15, 0.2) is 42.5 Å². The summed E-state index contributed by atoms with van der Waals surface area (Å²) in [4.78, 5) is 43.2. The number of aryl methyl sites for hydroxylation is 2. The van der Waals surface area contributed by atoms with Gasteiger partial charge in [0.25, 0.3) is 5.91 Å². The van der Waals surface area contributed by atoms with E-state index in [9.17, 15) is 14.4 Å². The summed E-state index contributed by atoms with van der Waals surface area (Å²) in [6.07, 6.45) is 2.64. The van der Waals surface area contributed by atoms with E-state index in [1.165, 1.54) is 0 Å². The number of para-hydroxylation sites is 1. The molecular formula is C32H45N3O4. The number of hydrogen-bond donors (Lipinski definition) is 2. The van der Waals surface area contributed by atoms with E-state index in [2.05, 4.69) is 10.6 Å². The lowest BCUT2D eigenvalue weighted by molar-refractivity contribution is -0.147. The maximum Gasteiger partial charge on any atom is 0.408 e. The molecule has 39 heavy (non-hydrogen) atoms. The normalized spacial score (nSPS) is 15.9. The number of ether oxygens (including phenoxy) is 1. The van der Waals surface area contributed by atoms with Gasteiger partial charge in [-0.15, -0.1) is 0 Å². The third kappa shape index (κ3) is 7.40. The molecule has 212 valence electrons. The second kappa shape index (κ2) is 12.7. The first-order chi connectivity index (χ1) is 18.3. The van der Waals surface area contributed by atoms with Crippen LogP contribution in [0.5, 0.6) is 0 Å². The molecule has 3 unspecified atom stereocenters. The molecule has 2 aromatic rings. The predicted molar refractivity (Wildman–Crippen MR) is 156 cm³/mol. The van der Waals surface area contributed by atoms with Gasteiger partial charge < -0.3 is 20.3 Å². The van der Waals surface area contributed by atoms with Crippen molar-refractivity contribution in [1.82, 2.24) is 10.2 Å². The van der Waals surface area contributed by atoms with Gasteiger partial charge in [-0.1, -0.05) is 56.7 Å². The number of alkyl carbamates (subject to hydrolysis) is 1. The van der Waals surface area contributed by atoms with Gasteiger partial charge in [-0.2, -0.15) is 0 Å². The first-order valence-corrected chi connectivity index (χ1v) is 14.1. The number of nitrogens with zero attached hydrogens (tertiary/aromatic N) is 1. The Hall–Kier alpha value is -3.35. The molecule has 0 saturated heterocycles. The van der Waals surface area contributed by atoms with Crippen molar-refractivity contribution >= 4 is 23.6 Å². The van der Waals surface area contributed by atoms with Crippen molar-refractivity contribution in [3.63, 3.8) is 0 Å². The summed E-state index contributed by atoms with van der Waals surface area (Å²) >= 11 is 0. The highest BCUT2D eigenvalue weighted by Gasteiger charge is 2.43. The van der Waals surface area contributed by atoms with Crippen LogP contribution in [0, 0.1) is 26.7 Å². The molecule has 1 aliphatic rings. The molecule has 1 saturated carbocycles. The van der Waals surface area contributed by atoms with E-state index in [1.807, 2.05) is 77.1 Å². The van der Waals surface area contributed by atoms with E-state index in [0.29, 0.717) is 12.1 Å². The molecule has 7 heteroatoms. The molecular weight excluding hydrogens is 490 g/mol. The van der Waals surface area contributed by atoms with Crippen LogP contribution in [-0.4, -0.2) is 40.5 Å². The topological polar surface area (TPSA) is 87.7 Å². The molecule has 0 radical (unpaired) electrons. The molecule has 7 nitrogen and oxygen atoms in total. The van der Waals surface area contributed by atoms with Crippen LogP contribution in [0.3, 0.4) is 0 Å². The summed E-state index contributed by atoms with van der Waals surface area (Å²) in [5.41, 5.74) is 3.77. The van der Waals surface area contributed by atoms with Crippen molar-refractivity contribution in [1.29, 1.82) is 0 Å². The number of hydrogen-bond acceptors (Lipinski definition) is 4. The molecule has 3 atom stereocenters. The van der Waals surface area contributed by atoms with E-state index in [0.717, 1.165) is 41.5 Å². The van der Waals surface area contributed by atoms with Crippen molar-refractivity contribution in [3.8, 4) is 0 Å². The largest absolute Gasteiger partial charge is 0.444 e. The standard InChI is InChI=1S/C32H45N3O4/c1-9-20(2)27(34-31(38)39-32(6,7)8)30(37)35(24-16-13-17-24)28(25-18-12-15-21(3)23(25)5)29(36)33-26-19-11-10-14-22(26)4/h10-12,14-15,18-20,24,27-28H,9,13,16-17H2,1-8H3,(H,33,36)(H,34,38). The van der Waals surface area contributed by atoms with Gasteiger partial charge in [-0.05, 0) is 95.0 Å². The third-order valence-corrected chi connectivity index (χ3v) is 7.74. The minimum atomic E-state index is -0.853. The fourth-order valence-electron chi connectivity index (χ4n) is 4.86. The summed E-state index contributed by atoms with van der Waals surface area (Å²) < 4.78 is 5.51. The van der Waals surface area contributed by atoms with E-state index in [4.69, 9.17) is 4.74 Å². The molecule has 3 rings (SSSR count). The second-order valence-electron chi connectivity index (χ2n) is 11.8. The Morgan fingerprint density at radius 1 is 1.00 bits per heavy atom. The van der Waals surface area contributed by atoms with E-state index in [-0.39, 0.29) is 23.8 Å². The molecule has 0 heterocycles. The average Bonchev–Trinajstić information content (AvgIpc) is 2.83. The maximum absolute atomic E-state index is 14.5. The van der Waals surface area contributed by atoms with Gasteiger partial charge >= 0.3 is 6.09 Å². The highest BCUT2D eigenvalue weighted by Crippen LogP contribution is 2.37. The summed E-state index contributed by atoms with van der Waals surface area (Å²) in [5, 5.41) is 5.96. The molecule has 1 fully saturated rings. The van der Waals surface area contributed by atoms with Crippen molar-refractivity contribution in [3.05, 3.63) is 64.7 Å². The first-order valence-electron chi connectivity index (χ1n) is 14.1. The minimum Gasteiger partial charge on any atom is -0.444 e. The van der Waals surface area contributed by atoms with Crippen LogP contribution in [-0.2, 0) is 14.3 Å². The third-order valence-electron chi connectivity index (χ3n) is 7.74. The lowest BCUT2D eigenvalue weighted by Crippen LogP contribution is -2.58. The van der Waals surface area contributed by atoms with Crippen molar-refractivity contribution in [2.24, 2.45) is 5.92 Å². The maximum atomic E-state index is 14.5. The van der Waals surface area contributed by atoms with Crippen molar-refractivity contribution < 1.29 is 19.1 Å². The Morgan fingerprint density at radius 3 is 2.21 bits per heavy atom. The summed E-state index contributed by atoms with van der Waals surface area (Å²) in [6, 6.07) is 11.7. The number of carbonyl (C=O) groups excluding carboxylic acids is 3. The number of rotatable bonds is 9. The van der Waals surface area contributed by atoms with Crippen LogP contribution in [0.25, 0.3) is 0 Å². The summed E-state index contributed by atoms with van der Waals surface area (Å²) in [6.45, 7) is 15.3. The van der Waals surface area contributed by atoms with Gasteiger partial charge in [0.2, 0.25) is 5.91 Å². The number of anilines is 1. The molecule has 1 aliphatic carbocycles. The number of benzene rings is 2. The van der Waals surface area contributed by atoms with Crippen LogP contribution in [0.4, 0.5) is 10.5 Å². The van der Waals surface area contributed by atoms with E-state index < -0.39 is 23.8 Å². The average molecular weight is 536 g/mol. The van der Waals surface area contributed by atoms with E-state index >= 15 is 0 Å². The molecule has 0 bridgehead atoms. The Morgan fingerprint density at radius 2 is 1.64 bits per heavy atom. The molecule has 2 N–H and O–H groups in total. The smallest absolute Gasteiger partial charge is 0.408 e. The molecule has 2 aromatic carbocycles. The Labute approximate surface area is 233 Å². The molecule has 0 aliphatic heterocycles. The Kier molecular flexibility index (Phi) is 9.81. The fourth-order valence-corrected chi connectivity index (χ4v) is 4.86. The summed E-state index contributed by atoms with van der Waals surface area (Å²) in [7, 11) is 0. The van der Waals surface area contributed by atoms with Gasteiger partial charge in [-0.25, -0.2) is 4.79 Å². The van der Waals surface area contributed by atoms with Crippen LogP contribution >= 0.6 is 0 Å². The minimum absolute atomic E-state index is 0.1000. The first kappa shape index (κ1) is 30.2. The zero-order valence-corrected chi connectivity index (χ0v) is 24.8. The predicted octanol–water partition coefficient (Wildman–Crippen LogP) is 6.61. The quantitative estimate of drug-likeness (QED) is 0.378. The van der Waals surface area contributed by atoms with E-state index in [1.54, 1.807) is 25.7 Å². The number of carbonyl (C=O) groups is 3. The van der Waals surface area contributed by atoms with Gasteiger partial charge in [-0.3, -0.25) is 9.59 Å². The highest BCUT2D eigenvalue weighted by molar-refractivity contribution is 5.99. The summed E-state index contributed by atoms with van der Waals surface area (Å²) in [5.74, 6) is -0.685. The Balaban J connectivity index is 2.09. The molecule has 0 spiro atoms. The zero-order chi connectivity index (χ0) is 28.9. The van der Waals surface area contributed by atoms with Gasteiger partial charge in [0.05, 0.1) is 0 Å². The van der Waals surface area contributed by atoms with Crippen LogP contribution < -0.4 is 10.6 Å². The second-order valence-corrected chi connectivity index (χ2v) is 11.8. The van der Waals surface area contributed by atoms with Crippen molar-refractivity contribution in [2.45, 2.75) is 105 Å². The molecule has 0 aromatic heterocycles. The van der Waals surface area contributed by atoms with Crippen molar-refractivity contribution in [2.75, 3.05) is 5.32 Å². The lowest BCUT2D eigenvalue weighted by atomic mass is 9.85. The van der Waals surface area contributed by atoms with Gasteiger partial charge in [0, 0.05) is 11.7 Å². The lowest BCUT2D eigenvalue weighted by Gasteiger charge is -2.44. The van der Waals surface area contributed by atoms with Gasteiger partial charge in [0.1, 0.15) is 17.7 Å². The highest BCUT2D eigenvalue weighted by atomic mass is 16.6. The van der Waals surface area contributed by atoms with Crippen LogP contribution in [0.2, 0.25) is 0 Å². The number of amides is 3. The van der Waals surface area contributed by atoms with Crippen LogP contribution in [0.1, 0.15) is 88.6 Å². The fraction of sp³-hybridized carbons (Fsp3) is 0.531. The van der Waals surface area contributed by atoms with Gasteiger partial charge in [0.15, 0.2) is 0 Å². The zero-order valence-electron chi connectivity index (χ0n) is 24.8. The number of nitrogens with one attached hydrogen (secondary N) is 2. The monoisotopic (exact) mass is 535 g/mol.